The molecule has 0 radical (unpaired) electrons. The molecule has 2 heteroatoms. The van der Waals surface area contributed by atoms with Crippen molar-refractivity contribution in [1.29, 1.82) is 0 Å². The van der Waals surface area contributed by atoms with Crippen LogP contribution in [0.25, 0.3) is 0 Å². The predicted octanol–water partition coefficient (Wildman–Crippen LogP) is 2.49. The molecule has 1 rings (SSSR count). The first-order valence-electron chi connectivity index (χ1n) is 6.66. The number of nitrogens with one attached hydrogen (secondary N) is 1. The average molecular weight is 212 g/mol. The van der Waals surface area contributed by atoms with E-state index in [-0.39, 0.29) is 0 Å². The van der Waals surface area contributed by atoms with Crippen molar-refractivity contribution in [2.45, 2.75) is 59.0 Å². The van der Waals surface area contributed by atoms with Gasteiger partial charge in [-0.05, 0) is 32.7 Å². The van der Waals surface area contributed by atoms with Crippen LogP contribution in [-0.2, 0) is 0 Å². The van der Waals surface area contributed by atoms with Crippen molar-refractivity contribution in [2.24, 2.45) is 5.92 Å². The van der Waals surface area contributed by atoms with Gasteiger partial charge in [0.05, 0.1) is 0 Å². The van der Waals surface area contributed by atoms with Crippen molar-refractivity contribution < 1.29 is 0 Å². The van der Waals surface area contributed by atoms with Gasteiger partial charge in [-0.2, -0.15) is 0 Å². The van der Waals surface area contributed by atoms with Gasteiger partial charge in [-0.15, -0.1) is 0 Å². The van der Waals surface area contributed by atoms with Gasteiger partial charge in [-0.1, -0.05) is 26.7 Å². The van der Waals surface area contributed by atoms with Crippen LogP contribution < -0.4 is 5.32 Å². The summed E-state index contributed by atoms with van der Waals surface area (Å²) in [4.78, 5) is 2.67. The summed E-state index contributed by atoms with van der Waals surface area (Å²) in [5, 5.41) is 3.56. The molecule has 1 N–H and O–H groups in total. The van der Waals surface area contributed by atoms with Gasteiger partial charge in [0.1, 0.15) is 0 Å². The molecule has 1 heterocycles. The zero-order chi connectivity index (χ0) is 11.3. The van der Waals surface area contributed by atoms with Gasteiger partial charge < -0.3 is 5.32 Å². The van der Waals surface area contributed by atoms with Gasteiger partial charge in [-0.25, -0.2) is 0 Å². The van der Waals surface area contributed by atoms with Gasteiger partial charge >= 0.3 is 0 Å². The Balaban J connectivity index is 2.46. The van der Waals surface area contributed by atoms with Crippen LogP contribution in [0, 0.1) is 5.92 Å². The summed E-state index contributed by atoms with van der Waals surface area (Å²) in [6.45, 7) is 13.0. The largest absolute Gasteiger partial charge is 0.313 e. The molecule has 0 bridgehead atoms. The van der Waals surface area contributed by atoms with Gasteiger partial charge in [0.25, 0.3) is 0 Å². The van der Waals surface area contributed by atoms with E-state index in [1.807, 2.05) is 0 Å². The molecule has 1 aliphatic heterocycles. The Morgan fingerprint density at radius 3 is 2.53 bits per heavy atom. The molecule has 1 aliphatic rings. The Labute approximate surface area is 95.4 Å². The van der Waals surface area contributed by atoms with Gasteiger partial charge in [0.15, 0.2) is 0 Å². The van der Waals surface area contributed by atoms with Crippen molar-refractivity contribution in [2.75, 3.05) is 19.6 Å². The molecule has 90 valence electrons. The normalized spacial score (nSPS) is 26.6. The lowest BCUT2D eigenvalue weighted by Crippen LogP contribution is -2.40. The first kappa shape index (κ1) is 13.0. The molecule has 1 fully saturated rings. The highest BCUT2D eigenvalue weighted by Crippen LogP contribution is 2.19. The fourth-order valence-electron chi connectivity index (χ4n) is 2.70. The highest BCUT2D eigenvalue weighted by Gasteiger charge is 2.22. The van der Waals surface area contributed by atoms with Crippen molar-refractivity contribution in [3.63, 3.8) is 0 Å². The number of rotatable bonds is 4. The Morgan fingerprint density at radius 1 is 1.27 bits per heavy atom. The molecule has 0 saturated carbocycles. The maximum atomic E-state index is 3.56. The minimum Gasteiger partial charge on any atom is -0.313 e. The van der Waals surface area contributed by atoms with Crippen LogP contribution in [-0.4, -0.2) is 36.6 Å². The predicted molar refractivity (Wildman–Crippen MR) is 67.2 cm³/mol. The van der Waals surface area contributed by atoms with Gasteiger partial charge in [-0.3, -0.25) is 4.90 Å². The highest BCUT2D eigenvalue weighted by molar-refractivity contribution is 4.79. The molecule has 0 aliphatic carbocycles. The third kappa shape index (κ3) is 3.76. The summed E-state index contributed by atoms with van der Waals surface area (Å²) in [6.07, 6.45) is 3.93. The second-order valence-electron chi connectivity index (χ2n) is 5.00. The standard InChI is InChI=1S/C13H28N2/c1-5-13(6-2)12(4)15-9-7-11(3)14-8-10-15/h11-14H,5-10H2,1-4H3. The Morgan fingerprint density at radius 2 is 1.93 bits per heavy atom. The maximum Gasteiger partial charge on any atom is 0.0110 e. The average Bonchev–Trinajstić information content (AvgIpc) is 2.44. The molecule has 2 unspecified atom stereocenters. The van der Waals surface area contributed by atoms with Crippen molar-refractivity contribution in [3.8, 4) is 0 Å². The van der Waals surface area contributed by atoms with Crippen molar-refractivity contribution in [3.05, 3.63) is 0 Å². The van der Waals surface area contributed by atoms with E-state index in [0.717, 1.165) is 18.5 Å². The van der Waals surface area contributed by atoms with Crippen LogP contribution in [0.3, 0.4) is 0 Å². The second-order valence-corrected chi connectivity index (χ2v) is 5.00. The van der Waals surface area contributed by atoms with E-state index in [9.17, 15) is 0 Å². The summed E-state index contributed by atoms with van der Waals surface area (Å²) in [5.74, 6) is 0.874. The van der Waals surface area contributed by atoms with E-state index >= 15 is 0 Å². The van der Waals surface area contributed by atoms with E-state index < -0.39 is 0 Å². The van der Waals surface area contributed by atoms with Crippen LogP contribution in [0.4, 0.5) is 0 Å². The lowest BCUT2D eigenvalue weighted by molar-refractivity contribution is 0.156. The van der Waals surface area contributed by atoms with Crippen LogP contribution in [0.15, 0.2) is 0 Å². The zero-order valence-corrected chi connectivity index (χ0v) is 10.9. The SMILES string of the molecule is CCC(CC)C(C)N1CCNC(C)CC1. The van der Waals surface area contributed by atoms with E-state index in [1.165, 1.54) is 32.4 Å². The minimum atomic E-state index is 0.698. The smallest absolute Gasteiger partial charge is 0.0110 e. The lowest BCUT2D eigenvalue weighted by atomic mass is 9.94. The maximum absolute atomic E-state index is 3.56. The van der Waals surface area contributed by atoms with Crippen molar-refractivity contribution >= 4 is 0 Å². The topological polar surface area (TPSA) is 15.3 Å². The molecule has 2 nitrogen and oxygen atoms in total. The summed E-state index contributed by atoms with van der Waals surface area (Å²) < 4.78 is 0. The molecular formula is C13H28N2. The molecule has 0 amide bonds. The number of nitrogens with zero attached hydrogens (tertiary/aromatic N) is 1. The second kappa shape index (κ2) is 6.49. The molecular weight excluding hydrogens is 184 g/mol. The van der Waals surface area contributed by atoms with Crippen LogP contribution in [0.2, 0.25) is 0 Å². The molecule has 0 aromatic heterocycles. The fraction of sp³-hybridized carbons (Fsp3) is 1.00. The quantitative estimate of drug-likeness (QED) is 0.770. The number of hydrogen-bond donors (Lipinski definition) is 1. The van der Waals surface area contributed by atoms with Crippen LogP contribution in [0.5, 0.6) is 0 Å². The molecule has 2 atom stereocenters. The summed E-state index contributed by atoms with van der Waals surface area (Å²) >= 11 is 0. The minimum absolute atomic E-state index is 0.698. The zero-order valence-electron chi connectivity index (χ0n) is 10.9. The summed E-state index contributed by atoms with van der Waals surface area (Å²) in [5.41, 5.74) is 0. The molecule has 1 saturated heterocycles. The molecule has 0 aromatic carbocycles. The Hall–Kier alpha value is -0.0800. The van der Waals surface area contributed by atoms with Crippen molar-refractivity contribution in [1.82, 2.24) is 10.2 Å². The first-order chi connectivity index (χ1) is 7.19. The van der Waals surface area contributed by atoms with E-state index in [4.69, 9.17) is 0 Å². The van der Waals surface area contributed by atoms with E-state index in [2.05, 4.69) is 37.9 Å². The van der Waals surface area contributed by atoms with Gasteiger partial charge in [0.2, 0.25) is 0 Å². The molecule has 0 aromatic rings. The lowest BCUT2D eigenvalue weighted by Gasteiger charge is -2.33. The van der Waals surface area contributed by atoms with Gasteiger partial charge in [0, 0.05) is 25.2 Å². The molecule has 0 spiro atoms. The fourth-order valence-corrected chi connectivity index (χ4v) is 2.70. The summed E-state index contributed by atoms with van der Waals surface area (Å²) in [6, 6.07) is 1.45. The van der Waals surface area contributed by atoms with E-state index in [0.29, 0.717) is 6.04 Å². The number of hydrogen-bond acceptors (Lipinski definition) is 2. The summed E-state index contributed by atoms with van der Waals surface area (Å²) in [7, 11) is 0. The monoisotopic (exact) mass is 212 g/mol. The van der Waals surface area contributed by atoms with Crippen LogP contribution in [0.1, 0.15) is 47.0 Å². The van der Waals surface area contributed by atoms with Crippen LogP contribution >= 0.6 is 0 Å². The third-order valence-electron chi connectivity index (χ3n) is 4.05. The highest BCUT2D eigenvalue weighted by atomic mass is 15.2. The Kier molecular flexibility index (Phi) is 5.62. The molecule has 15 heavy (non-hydrogen) atoms. The first-order valence-corrected chi connectivity index (χ1v) is 6.66. The third-order valence-corrected chi connectivity index (χ3v) is 4.05. The Bertz CT molecular complexity index is 166. The van der Waals surface area contributed by atoms with E-state index in [1.54, 1.807) is 0 Å².